The van der Waals surface area contributed by atoms with Crippen LogP contribution < -0.4 is 4.74 Å². The van der Waals surface area contributed by atoms with Crippen LogP contribution in [0, 0.1) is 0 Å². The minimum absolute atomic E-state index is 0.352. The molecule has 0 N–H and O–H groups in total. The average Bonchev–Trinajstić information content (AvgIpc) is 2.09. The van der Waals surface area contributed by atoms with Gasteiger partial charge in [-0.15, -0.1) is 0 Å². The third-order valence-corrected chi connectivity index (χ3v) is 1.15. The van der Waals surface area contributed by atoms with E-state index in [1.54, 1.807) is 18.3 Å². The maximum absolute atomic E-state index is 10.6. The van der Waals surface area contributed by atoms with Crippen molar-refractivity contribution >= 4 is 5.97 Å². The summed E-state index contributed by atoms with van der Waals surface area (Å²) in [5.74, 6) is 0.236. The van der Waals surface area contributed by atoms with Gasteiger partial charge in [0.1, 0.15) is 5.75 Å². The summed E-state index contributed by atoms with van der Waals surface area (Å²) in [4.78, 5) is 14.4. The Balaban J connectivity index is 2.69. The van der Waals surface area contributed by atoms with Crippen LogP contribution in [0.1, 0.15) is 10.5 Å². The molecule has 0 fully saturated rings. The third kappa shape index (κ3) is 0.512. The standard InChI is InChI=1S/C6H3NO2/c8-6-5-3-4(9-6)1-2-7-5/h1-3H. The molecule has 0 aliphatic carbocycles. The minimum atomic E-state index is -0.352. The van der Waals surface area contributed by atoms with Crippen LogP contribution in [0.3, 0.4) is 0 Å². The van der Waals surface area contributed by atoms with Gasteiger partial charge in [-0.25, -0.2) is 9.78 Å². The predicted octanol–water partition coefficient (Wildman–Crippen LogP) is 0.614. The fourth-order valence-corrected chi connectivity index (χ4v) is 0.746. The SMILES string of the molecule is O=C1Oc2ccnc1c2. The molecule has 0 spiro atoms. The lowest BCUT2D eigenvalue weighted by Crippen LogP contribution is -2.00. The molecule has 44 valence electrons. The van der Waals surface area contributed by atoms with Gasteiger partial charge in [0.25, 0.3) is 0 Å². The first-order valence-corrected chi connectivity index (χ1v) is 2.54. The molecule has 1 aromatic rings. The van der Waals surface area contributed by atoms with E-state index in [2.05, 4.69) is 9.72 Å². The monoisotopic (exact) mass is 121 g/mol. The van der Waals surface area contributed by atoms with E-state index in [0.717, 1.165) is 0 Å². The van der Waals surface area contributed by atoms with Crippen molar-refractivity contribution < 1.29 is 9.53 Å². The van der Waals surface area contributed by atoms with Crippen LogP contribution in [-0.4, -0.2) is 11.0 Å². The Kier molecular flexibility index (Phi) is 0.656. The smallest absolute Gasteiger partial charge is 0.362 e. The number of hydrogen-bond acceptors (Lipinski definition) is 3. The molecule has 0 amide bonds. The van der Waals surface area contributed by atoms with E-state index in [1.165, 1.54) is 0 Å². The summed E-state index contributed by atoms with van der Waals surface area (Å²) in [6.45, 7) is 0. The molecule has 2 bridgehead atoms. The summed E-state index contributed by atoms with van der Waals surface area (Å²) < 4.78 is 4.69. The summed E-state index contributed by atoms with van der Waals surface area (Å²) in [5, 5.41) is 0. The van der Waals surface area contributed by atoms with Gasteiger partial charge in [-0.2, -0.15) is 0 Å². The molecule has 3 nitrogen and oxygen atoms in total. The highest BCUT2D eigenvalue weighted by molar-refractivity contribution is 5.92. The van der Waals surface area contributed by atoms with E-state index >= 15 is 0 Å². The molecule has 2 rings (SSSR count). The average molecular weight is 121 g/mol. The molecule has 0 saturated carbocycles. The number of carbonyl (C=O) groups excluding carboxylic acids is 1. The van der Waals surface area contributed by atoms with Crippen molar-refractivity contribution in [1.82, 2.24) is 4.98 Å². The van der Waals surface area contributed by atoms with Gasteiger partial charge in [0.15, 0.2) is 5.69 Å². The van der Waals surface area contributed by atoms with Crippen LogP contribution in [0.25, 0.3) is 0 Å². The summed E-state index contributed by atoms with van der Waals surface area (Å²) in [6, 6.07) is 3.26. The van der Waals surface area contributed by atoms with Crippen LogP contribution in [0.5, 0.6) is 5.75 Å². The summed E-state index contributed by atoms with van der Waals surface area (Å²) in [7, 11) is 0. The fraction of sp³-hybridized carbons (Fsp3) is 0. The molecule has 9 heavy (non-hydrogen) atoms. The van der Waals surface area contributed by atoms with Crippen molar-refractivity contribution in [2.45, 2.75) is 0 Å². The largest absolute Gasteiger partial charge is 0.422 e. The highest BCUT2D eigenvalue weighted by atomic mass is 16.5. The van der Waals surface area contributed by atoms with E-state index < -0.39 is 0 Å². The second-order valence-electron chi connectivity index (χ2n) is 1.77. The van der Waals surface area contributed by atoms with E-state index in [9.17, 15) is 4.79 Å². The molecule has 0 saturated heterocycles. The van der Waals surface area contributed by atoms with Crippen LogP contribution >= 0.6 is 0 Å². The minimum Gasteiger partial charge on any atom is -0.422 e. The molecule has 0 unspecified atom stereocenters. The first kappa shape index (κ1) is 4.49. The first-order chi connectivity index (χ1) is 4.36. The number of aromatic nitrogens is 1. The highest BCUT2D eigenvalue weighted by Crippen LogP contribution is 2.18. The molecule has 3 heteroatoms. The zero-order valence-corrected chi connectivity index (χ0v) is 4.50. The van der Waals surface area contributed by atoms with Gasteiger partial charge in [0, 0.05) is 12.3 Å². The van der Waals surface area contributed by atoms with Gasteiger partial charge >= 0.3 is 5.97 Å². The van der Waals surface area contributed by atoms with E-state index in [-0.39, 0.29) is 5.97 Å². The summed E-state index contributed by atoms with van der Waals surface area (Å²) in [6.07, 6.45) is 1.55. The Hall–Kier alpha value is -1.38. The Morgan fingerprint density at radius 2 is 2.44 bits per heavy atom. The lowest BCUT2D eigenvalue weighted by atomic mass is 10.4. The number of carbonyl (C=O) groups is 1. The van der Waals surface area contributed by atoms with Gasteiger partial charge in [-0.1, -0.05) is 0 Å². The number of ether oxygens (including phenoxy) is 1. The Morgan fingerprint density at radius 3 is 3.11 bits per heavy atom. The molecule has 2 heterocycles. The maximum Gasteiger partial charge on any atom is 0.362 e. The van der Waals surface area contributed by atoms with E-state index in [4.69, 9.17) is 0 Å². The Labute approximate surface area is 51.3 Å². The van der Waals surface area contributed by atoms with Crippen molar-refractivity contribution in [3.05, 3.63) is 24.0 Å². The zero-order chi connectivity index (χ0) is 6.27. The molecule has 0 atom stereocenters. The van der Waals surface area contributed by atoms with Gasteiger partial charge in [-0.05, 0) is 6.07 Å². The topological polar surface area (TPSA) is 39.2 Å². The fourth-order valence-electron chi connectivity index (χ4n) is 0.746. The van der Waals surface area contributed by atoms with E-state index in [0.29, 0.717) is 11.4 Å². The van der Waals surface area contributed by atoms with Crippen LogP contribution in [-0.2, 0) is 0 Å². The van der Waals surface area contributed by atoms with Crippen LogP contribution in [0.4, 0.5) is 0 Å². The molecule has 0 aromatic carbocycles. The number of esters is 1. The van der Waals surface area contributed by atoms with Gasteiger partial charge in [0.05, 0.1) is 0 Å². The summed E-state index contributed by atoms with van der Waals surface area (Å²) in [5.41, 5.74) is 0.396. The van der Waals surface area contributed by atoms with Crippen LogP contribution in [0.15, 0.2) is 18.3 Å². The second-order valence-corrected chi connectivity index (χ2v) is 1.77. The van der Waals surface area contributed by atoms with Crippen molar-refractivity contribution in [1.29, 1.82) is 0 Å². The zero-order valence-electron chi connectivity index (χ0n) is 4.50. The number of fused-ring (bicyclic) bond motifs is 2. The predicted molar refractivity (Wildman–Crippen MR) is 29.2 cm³/mol. The highest BCUT2D eigenvalue weighted by Gasteiger charge is 2.17. The first-order valence-electron chi connectivity index (χ1n) is 2.54. The van der Waals surface area contributed by atoms with Gasteiger partial charge < -0.3 is 4.74 Å². The number of nitrogens with zero attached hydrogens (tertiary/aromatic N) is 1. The second kappa shape index (κ2) is 1.31. The van der Waals surface area contributed by atoms with Crippen molar-refractivity contribution in [3.63, 3.8) is 0 Å². The molecule has 0 radical (unpaired) electrons. The van der Waals surface area contributed by atoms with Gasteiger partial charge in [0.2, 0.25) is 0 Å². The molecular weight excluding hydrogens is 118 g/mol. The molecule has 1 aromatic heterocycles. The maximum atomic E-state index is 10.6. The quantitative estimate of drug-likeness (QED) is 0.472. The number of rotatable bonds is 0. The van der Waals surface area contributed by atoms with Crippen molar-refractivity contribution in [2.24, 2.45) is 0 Å². The third-order valence-electron chi connectivity index (χ3n) is 1.15. The van der Waals surface area contributed by atoms with Gasteiger partial charge in [-0.3, -0.25) is 0 Å². The molecule has 1 aliphatic heterocycles. The van der Waals surface area contributed by atoms with Crippen molar-refractivity contribution in [2.75, 3.05) is 0 Å². The Bertz CT molecular complexity index is 270. The van der Waals surface area contributed by atoms with E-state index in [1.807, 2.05) is 0 Å². The normalized spacial score (nSPS) is 13.6. The molecule has 1 aliphatic rings. The van der Waals surface area contributed by atoms with Crippen molar-refractivity contribution in [3.8, 4) is 5.75 Å². The summed E-state index contributed by atoms with van der Waals surface area (Å²) >= 11 is 0. The lowest BCUT2D eigenvalue weighted by molar-refractivity contribution is 0.0751. The Morgan fingerprint density at radius 1 is 1.56 bits per heavy atom. The number of pyridine rings is 1. The number of hydrogen-bond donors (Lipinski definition) is 0. The lowest BCUT2D eigenvalue weighted by Gasteiger charge is -1.85. The molecular formula is C6H3NO2. The van der Waals surface area contributed by atoms with Crippen LogP contribution in [0.2, 0.25) is 0 Å².